The summed E-state index contributed by atoms with van der Waals surface area (Å²) >= 11 is 6.88. The lowest BCUT2D eigenvalue weighted by Crippen LogP contribution is -2.18. The van der Waals surface area contributed by atoms with Crippen LogP contribution in [0.1, 0.15) is 25.5 Å². The van der Waals surface area contributed by atoms with Gasteiger partial charge in [-0.05, 0) is 27.9 Å². The van der Waals surface area contributed by atoms with E-state index < -0.39 is 0 Å². The van der Waals surface area contributed by atoms with Crippen molar-refractivity contribution in [2.45, 2.75) is 19.8 Å². The van der Waals surface area contributed by atoms with E-state index in [1.807, 2.05) is 0 Å². The first-order chi connectivity index (χ1) is 8.11. The smallest absolute Gasteiger partial charge is 0.133 e. The second kappa shape index (κ2) is 5.61. The van der Waals surface area contributed by atoms with E-state index in [2.05, 4.69) is 46.6 Å². The van der Waals surface area contributed by atoms with Crippen LogP contribution < -0.4 is 5.73 Å². The van der Waals surface area contributed by atoms with E-state index in [1.165, 1.54) is 4.88 Å². The third kappa shape index (κ3) is 2.96. The van der Waals surface area contributed by atoms with Crippen LogP contribution in [0.2, 0.25) is 0 Å². The number of aromatic nitrogens is 1. The Bertz CT molecular complexity index is 490. The molecule has 2 rings (SSSR count). The molecule has 0 aliphatic heterocycles. The van der Waals surface area contributed by atoms with Gasteiger partial charge in [-0.1, -0.05) is 13.8 Å². The van der Waals surface area contributed by atoms with Crippen molar-refractivity contribution in [1.82, 2.24) is 4.98 Å². The summed E-state index contributed by atoms with van der Waals surface area (Å²) in [4.78, 5) is 5.93. The van der Waals surface area contributed by atoms with Crippen molar-refractivity contribution in [2.24, 2.45) is 11.7 Å². The summed E-state index contributed by atoms with van der Waals surface area (Å²) in [5.41, 5.74) is 6.95. The van der Waals surface area contributed by atoms with Gasteiger partial charge in [-0.3, -0.25) is 0 Å². The lowest BCUT2D eigenvalue weighted by atomic mass is 9.93. The minimum absolute atomic E-state index is 0.364. The highest BCUT2D eigenvalue weighted by atomic mass is 79.9. The Balaban J connectivity index is 2.26. The molecule has 0 amide bonds. The summed E-state index contributed by atoms with van der Waals surface area (Å²) < 4.78 is 1.12. The summed E-state index contributed by atoms with van der Waals surface area (Å²) in [7, 11) is 0. The lowest BCUT2D eigenvalue weighted by molar-refractivity contribution is 0.498. The summed E-state index contributed by atoms with van der Waals surface area (Å²) in [5, 5.41) is 5.31. The SMILES string of the molecule is CC(C)C(CN)c1csc(-c2cc(Br)cs2)n1. The fourth-order valence-corrected chi connectivity index (χ4v) is 4.12. The van der Waals surface area contributed by atoms with Crippen LogP contribution in [0.15, 0.2) is 21.3 Å². The fourth-order valence-electron chi connectivity index (χ4n) is 1.73. The molecule has 2 heterocycles. The van der Waals surface area contributed by atoms with E-state index in [-0.39, 0.29) is 0 Å². The van der Waals surface area contributed by atoms with Gasteiger partial charge in [-0.2, -0.15) is 0 Å². The van der Waals surface area contributed by atoms with Gasteiger partial charge in [-0.25, -0.2) is 4.98 Å². The molecule has 1 atom stereocenters. The van der Waals surface area contributed by atoms with E-state index in [0.717, 1.165) is 15.2 Å². The van der Waals surface area contributed by atoms with E-state index >= 15 is 0 Å². The molecule has 0 spiro atoms. The van der Waals surface area contributed by atoms with E-state index in [1.54, 1.807) is 22.7 Å². The molecule has 2 aromatic rings. The number of rotatable bonds is 4. The Labute approximate surface area is 118 Å². The molecule has 2 nitrogen and oxygen atoms in total. The van der Waals surface area contributed by atoms with E-state index in [0.29, 0.717) is 18.4 Å². The molecule has 0 saturated carbocycles. The molecule has 0 aromatic carbocycles. The summed E-state index contributed by atoms with van der Waals surface area (Å²) in [5.74, 6) is 0.897. The zero-order valence-corrected chi connectivity index (χ0v) is 13.0. The van der Waals surface area contributed by atoms with Crippen LogP contribution in [0, 0.1) is 5.92 Å². The molecule has 92 valence electrons. The van der Waals surface area contributed by atoms with Crippen molar-refractivity contribution in [1.29, 1.82) is 0 Å². The molecule has 0 fully saturated rings. The minimum atomic E-state index is 0.364. The predicted molar refractivity (Wildman–Crippen MR) is 79.8 cm³/mol. The van der Waals surface area contributed by atoms with Crippen LogP contribution in [0.25, 0.3) is 9.88 Å². The maximum atomic E-state index is 5.82. The normalized spacial score (nSPS) is 13.2. The van der Waals surface area contributed by atoms with Gasteiger partial charge in [0.25, 0.3) is 0 Å². The zero-order valence-electron chi connectivity index (χ0n) is 9.81. The number of halogens is 1. The van der Waals surface area contributed by atoms with Crippen LogP contribution in [-0.4, -0.2) is 11.5 Å². The van der Waals surface area contributed by atoms with Crippen molar-refractivity contribution < 1.29 is 0 Å². The maximum Gasteiger partial charge on any atom is 0.133 e. The first-order valence-corrected chi connectivity index (χ1v) is 8.07. The number of thiophene rings is 1. The van der Waals surface area contributed by atoms with Gasteiger partial charge in [0.15, 0.2) is 0 Å². The molecule has 0 aliphatic rings. The van der Waals surface area contributed by atoms with Gasteiger partial charge >= 0.3 is 0 Å². The number of nitrogens with zero attached hydrogens (tertiary/aromatic N) is 1. The highest BCUT2D eigenvalue weighted by Gasteiger charge is 2.18. The van der Waals surface area contributed by atoms with Gasteiger partial charge in [-0.15, -0.1) is 22.7 Å². The number of hydrogen-bond acceptors (Lipinski definition) is 4. The molecule has 17 heavy (non-hydrogen) atoms. The fraction of sp³-hybridized carbons (Fsp3) is 0.417. The second-order valence-corrected chi connectivity index (χ2v) is 6.98. The second-order valence-electron chi connectivity index (χ2n) is 4.29. The van der Waals surface area contributed by atoms with Crippen LogP contribution in [0.5, 0.6) is 0 Å². The molecule has 0 bridgehead atoms. The molecule has 0 radical (unpaired) electrons. The molecule has 2 aromatic heterocycles. The zero-order chi connectivity index (χ0) is 12.4. The number of nitrogens with two attached hydrogens (primary N) is 1. The predicted octanol–water partition coefficient (Wildman–Crippen LogP) is 4.33. The first kappa shape index (κ1) is 13.2. The lowest BCUT2D eigenvalue weighted by Gasteiger charge is -2.15. The molecule has 0 aliphatic carbocycles. The van der Waals surface area contributed by atoms with Gasteiger partial charge in [0.1, 0.15) is 5.01 Å². The molecular formula is C12H15BrN2S2. The largest absolute Gasteiger partial charge is 0.330 e. The maximum absolute atomic E-state index is 5.82. The Kier molecular flexibility index (Phi) is 4.36. The number of thiazole rings is 1. The van der Waals surface area contributed by atoms with E-state index in [9.17, 15) is 0 Å². The molecular weight excluding hydrogens is 316 g/mol. The number of hydrogen-bond donors (Lipinski definition) is 1. The average molecular weight is 331 g/mol. The quantitative estimate of drug-likeness (QED) is 0.905. The Hall–Kier alpha value is -0.230. The van der Waals surface area contributed by atoms with Gasteiger partial charge < -0.3 is 5.73 Å². The van der Waals surface area contributed by atoms with Crippen molar-refractivity contribution in [3.05, 3.63) is 27.0 Å². The van der Waals surface area contributed by atoms with Crippen LogP contribution in [0.3, 0.4) is 0 Å². The summed E-state index contributed by atoms with van der Waals surface area (Å²) in [6.45, 7) is 5.05. The van der Waals surface area contributed by atoms with Crippen LogP contribution in [-0.2, 0) is 0 Å². The van der Waals surface area contributed by atoms with Crippen molar-refractivity contribution >= 4 is 38.6 Å². The van der Waals surface area contributed by atoms with Crippen LogP contribution in [0.4, 0.5) is 0 Å². The Morgan fingerprint density at radius 2 is 2.12 bits per heavy atom. The van der Waals surface area contributed by atoms with Gasteiger partial charge in [0.2, 0.25) is 0 Å². The van der Waals surface area contributed by atoms with Crippen molar-refractivity contribution in [2.75, 3.05) is 6.54 Å². The third-order valence-corrected chi connectivity index (χ3v) is 5.46. The summed E-state index contributed by atoms with van der Waals surface area (Å²) in [6, 6.07) is 2.11. The standard InChI is InChI=1S/C12H15BrN2S2/c1-7(2)9(4-14)10-6-17-12(15-10)11-3-8(13)5-16-11/h3,5-7,9H,4,14H2,1-2H3. The Morgan fingerprint density at radius 1 is 1.35 bits per heavy atom. The molecule has 5 heteroatoms. The third-order valence-electron chi connectivity index (χ3n) is 2.74. The first-order valence-electron chi connectivity index (χ1n) is 5.51. The Morgan fingerprint density at radius 3 is 2.65 bits per heavy atom. The van der Waals surface area contributed by atoms with Gasteiger partial charge in [0.05, 0.1) is 10.6 Å². The molecule has 1 unspecified atom stereocenters. The highest BCUT2D eigenvalue weighted by molar-refractivity contribution is 9.10. The molecule has 2 N–H and O–H groups in total. The topological polar surface area (TPSA) is 38.9 Å². The average Bonchev–Trinajstić information content (AvgIpc) is 2.87. The monoisotopic (exact) mass is 330 g/mol. The summed E-state index contributed by atoms with van der Waals surface area (Å²) in [6.07, 6.45) is 0. The minimum Gasteiger partial charge on any atom is -0.330 e. The highest BCUT2D eigenvalue weighted by Crippen LogP contribution is 2.34. The van der Waals surface area contributed by atoms with Crippen molar-refractivity contribution in [3.63, 3.8) is 0 Å². The van der Waals surface area contributed by atoms with Gasteiger partial charge in [0, 0.05) is 27.7 Å². The van der Waals surface area contributed by atoms with Crippen LogP contribution >= 0.6 is 38.6 Å². The van der Waals surface area contributed by atoms with E-state index in [4.69, 9.17) is 10.7 Å². The van der Waals surface area contributed by atoms with Crippen molar-refractivity contribution in [3.8, 4) is 9.88 Å². The molecule has 0 saturated heterocycles.